The van der Waals surface area contributed by atoms with Gasteiger partial charge in [0.1, 0.15) is 0 Å². The molecule has 1 amide bonds. The van der Waals surface area contributed by atoms with Crippen LogP contribution in [0.4, 0.5) is 0 Å². The molecule has 3 rings (SSSR count). The normalized spacial score (nSPS) is 11.6. The number of H-pyrrole nitrogens is 1. The van der Waals surface area contributed by atoms with Crippen molar-refractivity contribution >= 4 is 56.5 Å². The molecule has 0 unspecified atom stereocenters. The van der Waals surface area contributed by atoms with Crippen LogP contribution in [0, 0.1) is 0 Å². The van der Waals surface area contributed by atoms with Crippen LogP contribution in [0.25, 0.3) is 23.1 Å². The maximum atomic E-state index is 12.9. The number of benzene rings is 2. The van der Waals surface area contributed by atoms with Gasteiger partial charge in [-0.05, 0) is 50.0 Å². The second-order valence-electron chi connectivity index (χ2n) is 6.55. The molecule has 0 aliphatic rings. The van der Waals surface area contributed by atoms with Crippen molar-refractivity contribution in [2.45, 2.75) is 0 Å². The van der Waals surface area contributed by atoms with Crippen LogP contribution in [-0.4, -0.2) is 43.0 Å². The molecule has 27 heavy (non-hydrogen) atoms. The molecule has 0 atom stereocenters. The number of halogens is 2. The lowest BCUT2D eigenvalue weighted by molar-refractivity contribution is 0.0952. The van der Waals surface area contributed by atoms with Crippen LogP contribution in [0.1, 0.15) is 21.6 Å². The topological polar surface area (TPSA) is 48.1 Å². The average molecular weight is 447 g/mol. The van der Waals surface area contributed by atoms with Crippen LogP contribution < -0.4 is 5.32 Å². The van der Waals surface area contributed by atoms with E-state index in [1.54, 1.807) is 0 Å². The molecule has 0 spiro atoms. The van der Waals surface area contributed by atoms with Gasteiger partial charge in [0, 0.05) is 33.5 Å². The lowest BCUT2D eigenvalue weighted by Crippen LogP contribution is -2.31. The highest BCUT2D eigenvalue weighted by atomic mass is 79.9. The summed E-state index contributed by atoms with van der Waals surface area (Å²) in [6.07, 6.45) is 3.89. The molecule has 0 fully saturated rings. The van der Waals surface area contributed by atoms with Crippen molar-refractivity contribution < 1.29 is 4.79 Å². The molecule has 1 heterocycles. The average Bonchev–Trinajstić information content (AvgIpc) is 2.98. The molecular weight excluding hydrogens is 426 g/mol. The zero-order chi connectivity index (χ0) is 19.4. The van der Waals surface area contributed by atoms with Gasteiger partial charge in [-0.15, -0.1) is 0 Å². The lowest BCUT2D eigenvalue weighted by atomic mass is 10.1. The van der Waals surface area contributed by atoms with E-state index in [0.29, 0.717) is 17.1 Å². The molecule has 6 heteroatoms. The molecule has 0 aliphatic carbocycles. The smallest absolute Gasteiger partial charge is 0.254 e. The second kappa shape index (κ2) is 8.74. The summed E-state index contributed by atoms with van der Waals surface area (Å²) in [7, 11) is 3.96. The van der Waals surface area contributed by atoms with E-state index in [-0.39, 0.29) is 5.91 Å². The third-order valence-corrected chi connectivity index (χ3v) is 4.92. The summed E-state index contributed by atoms with van der Waals surface area (Å²) < 4.78 is 0.962. The minimum atomic E-state index is -0.0822. The standard InChI is InChI=1S/C21H21BrClN3O/c1-26(2)12-11-24-21(27)20-17-9-6-15(22)13-19(17)25-18(20)10-5-14-3-7-16(23)8-4-14/h3-10,13,25H,11-12H2,1-2H3,(H,24,27)/b10-5+. The summed E-state index contributed by atoms with van der Waals surface area (Å²) in [6.45, 7) is 1.38. The number of carbonyl (C=O) groups excluding carboxylic acids is 1. The summed E-state index contributed by atoms with van der Waals surface area (Å²) in [5, 5.41) is 4.60. The summed E-state index contributed by atoms with van der Waals surface area (Å²) >= 11 is 9.43. The molecule has 0 aliphatic heterocycles. The van der Waals surface area contributed by atoms with Crippen LogP contribution in [0.3, 0.4) is 0 Å². The Morgan fingerprint density at radius 2 is 1.93 bits per heavy atom. The fourth-order valence-corrected chi connectivity index (χ4v) is 3.28. The second-order valence-corrected chi connectivity index (χ2v) is 7.90. The predicted octanol–water partition coefficient (Wildman–Crippen LogP) is 5.05. The Morgan fingerprint density at radius 3 is 2.63 bits per heavy atom. The van der Waals surface area contributed by atoms with E-state index >= 15 is 0 Å². The van der Waals surface area contributed by atoms with Crippen LogP contribution in [0.2, 0.25) is 5.02 Å². The number of aromatic nitrogens is 1. The summed E-state index contributed by atoms with van der Waals surface area (Å²) in [5.41, 5.74) is 3.36. The van der Waals surface area contributed by atoms with Gasteiger partial charge in [0.05, 0.1) is 11.3 Å². The van der Waals surface area contributed by atoms with E-state index in [1.807, 2.05) is 73.6 Å². The summed E-state index contributed by atoms with van der Waals surface area (Å²) in [6, 6.07) is 13.4. The number of nitrogens with one attached hydrogen (secondary N) is 2. The van der Waals surface area contributed by atoms with Crippen LogP contribution in [0.15, 0.2) is 46.9 Å². The summed E-state index contributed by atoms with van der Waals surface area (Å²) in [4.78, 5) is 18.2. The Labute approximate surface area is 172 Å². The van der Waals surface area contributed by atoms with Gasteiger partial charge in [-0.3, -0.25) is 4.79 Å². The van der Waals surface area contributed by atoms with Gasteiger partial charge < -0.3 is 15.2 Å². The van der Waals surface area contributed by atoms with E-state index in [4.69, 9.17) is 11.6 Å². The number of nitrogens with zero attached hydrogens (tertiary/aromatic N) is 1. The van der Waals surface area contributed by atoms with Crippen LogP contribution >= 0.6 is 27.5 Å². The molecule has 0 saturated heterocycles. The van der Waals surface area contributed by atoms with Crippen molar-refractivity contribution in [3.05, 3.63) is 68.8 Å². The largest absolute Gasteiger partial charge is 0.354 e. The Hall–Kier alpha value is -2.08. The molecule has 3 aromatic rings. The van der Waals surface area contributed by atoms with E-state index in [0.717, 1.165) is 33.2 Å². The first-order valence-corrected chi connectivity index (χ1v) is 9.79. The minimum Gasteiger partial charge on any atom is -0.354 e. The fourth-order valence-electron chi connectivity index (χ4n) is 2.80. The van der Waals surface area contributed by atoms with Crippen molar-refractivity contribution in [2.24, 2.45) is 0 Å². The number of hydrogen-bond acceptors (Lipinski definition) is 2. The van der Waals surface area contributed by atoms with Crippen LogP contribution in [0.5, 0.6) is 0 Å². The van der Waals surface area contributed by atoms with Crippen molar-refractivity contribution in [1.29, 1.82) is 0 Å². The minimum absolute atomic E-state index is 0.0822. The highest BCUT2D eigenvalue weighted by molar-refractivity contribution is 9.10. The Morgan fingerprint density at radius 1 is 1.19 bits per heavy atom. The van der Waals surface area contributed by atoms with E-state index in [9.17, 15) is 4.79 Å². The predicted molar refractivity (Wildman–Crippen MR) is 117 cm³/mol. The maximum absolute atomic E-state index is 12.9. The first-order chi connectivity index (χ1) is 12.9. The lowest BCUT2D eigenvalue weighted by Gasteiger charge is -2.10. The van der Waals surface area contributed by atoms with Gasteiger partial charge in [-0.1, -0.05) is 51.8 Å². The van der Waals surface area contributed by atoms with Crippen LogP contribution in [-0.2, 0) is 0 Å². The van der Waals surface area contributed by atoms with Crippen molar-refractivity contribution in [3.63, 3.8) is 0 Å². The molecule has 0 bridgehead atoms. The number of rotatable bonds is 6. The maximum Gasteiger partial charge on any atom is 0.254 e. The molecule has 1 aromatic heterocycles. The molecule has 2 aromatic carbocycles. The molecular formula is C21H21BrClN3O. The Kier molecular flexibility index (Phi) is 6.37. The zero-order valence-electron chi connectivity index (χ0n) is 15.2. The highest BCUT2D eigenvalue weighted by Crippen LogP contribution is 2.27. The first-order valence-electron chi connectivity index (χ1n) is 8.62. The van der Waals surface area contributed by atoms with Gasteiger partial charge in [0.25, 0.3) is 5.91 Å². The van der Waals surface area contributed by atoms with E-state index in [2.05, 4.69) is 26.2 Å². The molecule has 0 saturated carbocycles. The van der Waals surface area contributed by atoms with Gasteiger partial charge >= 0.3 is 0 Å². The number of carbonyl (C=O) groups is 1. The third kappa shape index (κ3) is 5.01. The first kappa shape index (κ1) is 19.7. The number of aromatic amines is 1. The highest BCUT2D eigenvalue weighted by Gasteiger charge is 2.17. The zero-order valence-corrected chi connectivity index (χ0v) is 17.6. The van der Waals surface area contributed by atoms with E-state index in [1.165, 1.54) is 0 Å². The molecule has 0 radical (unpaired) electrons. The third-order valence-electron chi connectivity index (χ3n) is 4.17. The number of likely N-dealkylation sites (N-methyl/N-ethyl adjacent to an activating group) is 1. The van der Waals surface area contributed by atoms with Crippen molar-refractivity contribution in [1.82, 2.24) is 15.2 Å². The van der Waals surface area contributed by atoms with Gasteiger partial charge in [-0.2, -0.15) is 0 Å². The van der Waals surface area contributed by atoms with E-state index < -0.39 is 0 Å². The Balaban J connectivity index is 1.95. The Bertz CT molecular complexity index is 977. The molecule has 4 nitrogen and oxygen atoms in total. The fraction of sp³-hybridized carbons (Fsp3) is 0.190. The van der Waals surface area contributed by atoms with Gasteiger partial charge in [-0.25, -0.2) is 0 Å². The number of hydrogen-bond donors (Lipinski definition) is 2. The summed E-state index contributed by atoms with van der Waals surface area (Å²) in [5.74, 6) is -0.0822. The number of amides is 1. The van der Waals surface area contributed by atoms with Crippen molar-refractivity contribution in [3.8, 4) is 0 Å². The quantitative estimate of drug-likeness (QED) is 0.557. The van der Waals surface area contributed by atoms with Gasteiger partial charge in [0.2, 0.25) is 0 Å². The van der Waals surface area contributed by atoms with Crippen molar-refractivity contribution in [2.75, 3.05) is 27.2 Å². The SMILES string of the molecule is CN(C)CCNC(=O)c1c(/C=C/c2ccc(Cl)cc2)[nH]c2cc(Br)ccc12. The molecule has 2 N–H and O–H groups in total. The molecule has 140 valence electrons. The number of fused-ring (bicyclic) bond motifs is 1. The van der Waals surface area contributed by atoms with Gasteiger partial charge in [0.15, 0.2) is 0 Å². The monoisotopic (exact) mass is 445 g/mol.